The first-order valence-electron chi connectivity index (χ1n) is 8.00. The van der Waals surface area contributed by atoms with Crippen LogP contribution >= 0.6 is 0 Å². The summed E-state index contributed by atoms with van der Waals surface area (Å²) in [5, 5.41) is 2.99. The summed E-state index contributed by atoms with van der Waals surface area (Å²) in [6.45, 7) is 2.77. The van der Waals surface area contributed by atoms with E-state index in [4.69, 9.17) is 5.73 Å². The van der Waals surface area contributed by atoms with Gasteiger partial charge in [0.2, 0.25) is 5.91 Å². The number of pyridine rings is 1. The number of anilines is 2. The molecule has 2 aliphatic rings. The predicted molar refractivity (Wildman–Crippen MR) is 84.2 cm³/mol. The third-order valence-electron chi connectivity index (χ3n) is 4.74. The fourth-order valence-electron chi connectivity index (χ4n) is 3.49. The van der Waals surface area contributed by atoms with Gasteiger partial charge in [-0.15, -0.1) is 0 Å². The van der Waals surface area contributed by atoms with E-state index < -0.39 is 0 Å². The second-order valence-electron chi connectivity index (χ2n) is 6.12. The smallest absolute Gasteiger partial charge is 0.227 e. The molecule has 2 fully saturated rings. The van der Waals surface area contributed by atoms with Gasteiger partial charge >= 0.3 is 0 Å². The molecule has 21 heavy (non-hydrogen) atoms. The fourth-order valence-corrected chi connectivity index (χ4v) is 3.49. The minimum Gasteiger partial charge on any atom is -0.357 e. The Hall–Kier alpha value is -1.62. The Morgan fingerprint density at radius 2 is 2.10 bits per heavy atom. The van der Waals surface area contributed by atoms with Gasteiger partial charge in [-0.1, -0.05) is 6.42 Å². The molecule has 1 amide bonds. The number of nitrogens with zero attached hydrogens (tertiary/aromatic N) is 2. The third kappa shape index (κ3) is 3.18. The standard InChI is InChI=1S/C16H24N4O/c17-10-12-4-3-5-14(12)16(21)19-13-6-7-15(18-11-13)20-8-1-2-9-20/h6-7,11-12,14H,1-5,8-10,17H2,(H,19,21). The predicted octanol–water partition coefficient (Wildman–Crippen LogP) is 2.00. The van der Waals surface area contributed by atoms with Crippen LogP contribution in [0.5, 0.6) is 0 Å². The normalized spacial score (nSPS) is 25.3. The van der Waals surface area contributed by atoms with E-state index in [0.29, 0.717) is 12.5 Å². The van der Waals surface area contributed by atoms with E-state index >= 15 is 0 Å². The first-order chi connectivity index (χ1) is 10.3. The van der Waals surface area contributed by atoms with Crippen LogP contribution in [-0.2, 0) is 4.79 Å². The molecule has 3 N–H and O–H groups in total. The average Bonchev–Trinajstić information content (AvgIpc) is 3.19. The van der Waals surface area contributed by atoms with Gasteiger partial charge in [-0.05, 0) is 50.3 Å². The summed E-state index contributed by atoms with van der Waals surface area (Å²) in [6.07, 6.45) is 7.36. The highest BCUT2D eigenvalue weighted by atomic mass is 16.1. The summed E-state index contributed by atoms with van der Waals surface area (Å²) in [5.74, 6) is 1.50. The van der Waals surface area contributed by atoms with Crippen LogP contribution in [0.3, 0.4) is 0 Å². The molecule has 1 aliphatic carbocycles. The second-order valence-corrected chi connectivity index (χ2v) is 6.12. The van der Waals surface area contributed by atoms with Crippen molar-refractivity contribution in [2.24, 2.45) is 17.6 Å². The van der Waals surface area contributed by atoms with Crippen LogP contribution in [0.15, 0.2) is 18.3 Å². The lowest BCUT2D eigenvalue weighted by molar-refractivity contribution is -0.120. The van der Waals surface area contributed by atoms with E-state index in [0.717, 1.165) is 43.9 Å². The largest absolute Gasteiger partial charge is 0.357 e. The molecule has 114 valence electrons. The fraction of sp³-hybridized carbons (Fsp3) is 0.625. The van der Waals surface area contributed by atoms with Crippen molar-refractivity contribution in [3.8, 4) is 0 Å². The Morgan fingerprint density at radius 1 is 1.29 bits per heavy atom. The van der Waals surface area contributed by atoms with Crippen LogP contribution in [0.25, 0.3) is 0 Å². The number of carbonyl (C=O) groups excluding carboxylic acids is 1. The number of aromatic nitrogens is 1. The Kier molecular flexibility index (Phi) is 4.39. The van der Waals surface area contributed by atoms with E-state index in [1.54, 1.807) is 6.20 Å². The van der Waals surface area contributed by atoms with Gasteiger partial charge in [-0.25, -0.2) is 4.98 Å². The molecule has 1 aromatic rings. The van der Waals surface area contributed by atoms with Crippen LogP contribution in [0.1, 0.15) is 32.1 Å². The molecule has 2 atom stereocenters. The van der Waals surface area contributed by atoms with Crippen LogP contribution in [-0.4, -0.2) is 30.5 Å². The van der Waals surface area contributed by atoms with Crippen molar-refractivity contribution < 1.29 is 4.79 Å². The molecule has 5 heteroatoms. The Balaban J connectivity index is 1.60. The Labute approximate surface area is 125 Å². The average molecular weight is 288 g/mol. The van der Waals surface area contributed by atoms with Crippen LogP contribution in [0.4, 0.5) is 11.5 Å². The summed E-state index contributed by atoms with van der Waals surface area (Å²) < 4.78 is 0. The molecule has 5 nitrogen and oxygen atoms in total. The molecular weight excluding hydrogens is 264 g/mol. The first kappa shape index (κ1) is 14.3. The van der Waals surface area contributed by atoms with Gasteiger partial charge in [0.15, 0.2) is 0 Å². The zero-order valence-electron chi connectivity index (χ0n) is 12.4. The number of nitrogens with two attached hydrogens (primary N) is 1. The quantitative estimate of drug-likeness (QED) is 0.889. The molecule has 0 radical (unpaired) electrons. The van der Waals surface area contributed by atoms with E-state index in [9.17, 15) is 4.79 Å². The summed E-state index contributed by atoms with van der Waals surface area (Å²) in [7, 11) is 0. The molecule has 1 aliphatic heterocycles. The van der Waals surface area contributed by atoms with Crippen molar-refractivity contribution in [3.05, 3.63) is 18.3 Å². The van der Waals surface area contributed by atoms with Crippen molar-refractivity contribution >= 4 is 17.4 Å². The van der Waals surface area contributed by atoms with Gasteiger partial charge in [0.25, 0.3) is 0 Å². The van der Waals surface area contributed by atoms with Crippen molar-refractivity contribution in [1.29, 1.82) is 0 Å². The molecule has 0 spiro atoms. The van der Waals surface area contributed by atoms with Crippen LogP contribution in [0, 0.1) is 11.8 Å². The maximum atomic E-state index is 12.3. The van der Waals surface area contributed by atoms with Crippen LogP contribution in [0.2, 0.25) is 0 Å². The molecule has 1 aromatic heterocycles. The van der Waals surface area contributed by atoms with Crippen molar-refractivity contribution in [1.82, 2.24) is 4.98 Å². The number of nitrogens with one attached hydrogen (secondary N) is 1. The summed E-state index contributed by atoms with van der Waals surface area (Å²) >= 11 is 0. The van der Waals surface area contributed by atoms with Crippen molar-refractivity contribution in [3.63, 3.8) is 0 Å². The molecule has 1 saturated carbocycles. The van der Waals surface area contributed by atoms with Gasteiger partial charge in [-0.2, -0.15) is 0 Å². The molecular formula is C16H24N4O. The topological polar surface area (TPSA) is 71.2 Å². The van der Waals surface area contributed by atoms with Gasteiger partial charge in [0.05, 0.1) is 11.9 Å². The highest BCUT2D eigenvalue weighted by Gasteiger charge is 2.31. The molecule has 2 unspecified atom stereocenters. The van der Waals surface area contributed by atoms with Gasteiger partial charge < -0.3 is 16.0 Å². The number of amides is 1. The number of rotatable bonds is 4. The third-order valence-corrected chi connectivity index (χ3v) is 4.74. The van der Waals surface area contributed by atoms with Crippen molar-refractivity contribution in [2.75, 3.05) is 29.9 Å². The lowest BCUT2D eigenvalue weighted by atomic mass is 9.95. The summed E-state index contributed by atoms with van der Waals surface area (Å²) in [6, 6.07) is 3.95. The lowest BCUT2D eigenvalue weighted by Gasteiger charge is -2.18. The zero-order valence-corrected chi connectivity index (χ0v) is 12.4. The number of carbonyl (C=O) groups is 1. The highest BCUT2D eigenvalue weighted by Crippen LogP contribution is 2.32. The maximum absolute atomic E-state index is 12.3. The minimum atomic E-state index is 0.0632. The first-order valence-corrected chi connectivity index (χ1v) is 8.00. The van der Waals surface area contributed by atoms with Gasteiger partial charge in [0, 0.05) is 19.0 Å². The van der Waals surface area contributed by atoms with Gasteiger partial charge in [0.1, 0.15) is 5.82 Å². The summed E-state index contributed by atoms with van der Waals surface area (Å²) in [4.78, 5) is 19.1. The van der Waals surface area contributed by atoms with Crippen LogP contribution < -0.4 is 16.0 Å². The van der Waals surface area contributed by atoms with E-state index in [-0.39, 0.29) is 11.8 Å². The SMILES string of the molecule is NCC1CCCC1C(=O)Nc1ccc(N2CCCC2)nc1. The Morgan fingerprint density at radius 3 is 2.76 bits per heavy atom. The van der Waals surface area contributed by atoms with Crippen molar-refractivity contribution in [2.45, 2.75) is 32.1 Å². The molecule has 0 bridgehead atoms. The monoisotopic (exact) mass is 288 g/mol. The van der Waals surface area contributed by atoms with E-state index in [1.165, 1.54) is 12.8 Å². The molecule has 0 aromatic carbocycles. The molecule has 1 saturated heterocycles. The molecule has 3 rings (SSSR count). The minimum absolute atomic E-state index is 0.0632. The number of hydrogen-bond acceptors (Lipinski definition) is 4. The second kappa shape index (κ2) is 6.43. The Bertz CT molecular complexity index is 482. The van der Waals surface area contributed by atoms with E-state index in [1.807, 2.05) is 12.1 Å². The molecule has 2 heterocycles. The van der Waals surface area contributed by atoms with Gasteiger partial charge in [-0.3, -0.25) is 4.79 Å². The highest BCUT2D eigenvalue weighted by molar-refractivity contribution is 5.92. The summed E-state index contributed by atoms with van der Waals surface area (Å²) in [5.41, 5.74) is 6.53. The number of hydrogen-bond donors (Lipinski definition) is 2. The zero-order chi connectivity index (χ0) is 14.7. The maximum Gasteiger partial charge on any atom is 0.227 e. The lowest BCUT2D eigenvalue weighted by Crippen LogP contribution is -2.29. The van der Waals surface area contributed by atoms with E-state index in [2.05, 4.69) is 15.2 Å².